The van der Waals surface area contributed by atoms with Crippen molar-refractivity contribution in [1.82, 2.24) is 25.2 Å². The summed E-state index contributed by atoms with van der Waals surface area (Å²) < 4.78 is 1.81. The van der Waals surface area contributed by atoms with Crippen LogP contribution in [0.3, 0.4) is 0 Å². The first-order chi connectivity index (χ1) is 10.2. The predicted octanol–water partition coefficient (Wildman–Crippen LogP) is 1.46. The van der Waals surface area contributed by atoms with Crippen molar-refractivity contribution in [3.8, 4) is 0 Å². The van der Waals surface area contributed by atoms with E-state index in [4.69, 9.17) is 0 Å². The summed E-state index contributed by atoms with van der Waals surface area (Å²) in [5.74, 6) is 0.852. The zero-order chi connectivity index (χ0) is 14.8. The molecule has 2 aliphatic rings. The Balaban J connectivity index is 1.60. The third kappa shape index (κ3) is 2.95. The van der Waals surface area contributed by atoms with E-state index in [-0.39, 0.29) is 5.91 Å². The molecule has 2 heterocycles. The summed E-state index contributed by atoms with van der Waals surface area (Å²) >= 11 is 0. The van der Waals surface area contributed by atoms with Gasteiger partial charge in [0, 0.05) is 26.2 Å². The molecular weight excluding hydrogens is 266 g/mol. The smallest absolute Gasteiger partial charge is 0.276 e. The second-order valence-corrected chi connectivity index (χ2v) is 6.39. The first-order valence-electron chi connectivity index (χ1n) is 8.08. The Labute approximate surface area is 125 Å². The van der Waals surface area contributed by atoms with Gasteiger partial charge in [-0.15, -0.1) is 5.10 Å². The maximum Gasteiger partial charge on any atom is 0.276 e. The first kappa shape index (κ1) is 14.5. The van der Waals surface area contributed by atoms with Crippen LogP contribution in [0.2, 0.25) is 0 Å². The second-order valence-electron chi connectivity index (χ2n) is 6.39. The van der Waals surface area contributed by atoms with Crippen LogP contribution in [0.1, 0.15) is 55.6 Å². The average molecular weight is 291 g/mol. The molecule has 1 saturated heterocycles. The van der Waals surface area contributed by atoms with Gasteiger partial charge >= 0.3 is 0 Å². The fourth-order valence-corrected chi connectivity index (χ4v) is 3.30. The number of amides is 1. The van der Waals surface area contributed by atoms with Crippen LogP contribution in [0.5, 0.6) is 0 Å². The Kier molecular flexibility index (Phi) is 4.24. The molecule has 0 unspecified atom stereocenters. The van der Waals surface area contributed by atoms with E-state index >= 15 is 0 Å². The van der Waals surface area contributed by atoms with E-state index in [0.717, 1.165) is 31.8 Å². The van der Waals surface area contributed by atoms with Crippen molar-refractivity contribution in [3.05, 3.63) is 11.9 Å². The maximum absolute atomic E-state index is 12.5. The quantitative estimate of drug-likeness (QED) is 0.912. The van der Waals surface area contributed by atoms with E-state index in [1.807, 2.05) is 16.6 Å². The number of carbonyl (C=O) groups is 1. The van der Waals surface area contributed by atoms with Gasteiger partial charge in [0.2, 0.25) is 0 Å². The third-order valence-electron chi connectivity index (χ3n) is 5.13. The number of rotatable bonds is 4. The van der Waals surface area contributed by atoms with Crippen LogP contribution in [-0.4, -0.2) is 52.0 Å². The van der Waals surface area contributed by atoms with Crippen molar-refractivity contribution in [1.29, 1.82) is 0 Å². The number of hydrogen-bond donors (Lipinski definition) is 1. The number of carbonyl (C=O) groups excluding carboxylic acids is 1. The summed E-state index contributed by atoms with van der Waals surface area (Å²) in [6.07, 6.45) is 7.75. The minimum atomic E-state index is 0.00785. The molecule has 116 valence electrons. The summed E-state index contributed by atoms with van der Waals surface area (Å²) in [6.45, 7) is 4.08. The maximum atomic E-state index is 12.5. The minimum absolute atomic E-state index is 0.00785. The van der Waals surface area contributed by atoms with E-state index in [1.54, 1.807) is 6.20 Å². The Hall–Kier alpha value is -1.43. The van der Waals surface area contributed by atoms with Crippen molar-refractivity contribution in [2.75, 3.05) is 20.1 Å². The number of nitrogens with one attached hydrogen (secondary N) is 1. The molecular formula is C15H25N5O. The van der Waals surface area contributed by atoms with Crippen LogP contribution in [-0.2, 0) is 0 Å². The topological polar surface area (TPSA) is 63.1 Å². The van der Waals surface area contributed by atoms with Gasteiger partial charge in [0.05, 0.1) is 12.2 Å². The highest BCUT2D eigenvalue weighted by Crippen LogP contribution is 2.29. The minimum Gasteiger partial charge on any atom is -0.337 e. The third-order valence-corrected chi connectivity index (χ3v) is 5.13. The summed E-state index contributed by atoms with van der Waals surface area (Å²) in [6, 6.07) is 0.708. The molecule has 6 heteroatoms. The normalized spacial score (nSPS) is 26.4. The van der Waals surface area contributed by atoms with E-state index in [1.165, 1.54) is 19.3 Å². The Morgan fingerprint density at radius 2 is 2.10 bits per heavy atom. The molecule has 1 aromatic heterocycles. The Bertz CT molecular complexity index is 488. The van der Waals surface area contributed by atoms with Gasteiger partial charge in [0.1, 0.15) is 0 Å². The van der Waals surface area contributed by atoms with Gasteiger partial charge in [0.25, 0.3) is 5.91 Å². The highest BCUT2D eigenvalue weighted by atomic mass is 16.2. The van der Waals surface area contributed by atoms with Gasteiger partial charge in [-0.1, -0.05) is 18.6 Å². The lowest BCUT2D eigenvalue weighted by Crippen LogP contribution is -2.43. The summed E-state index contributed by atoms with van der Waals surface area (Å²) in [4.78, 5) is 14.4. The Morgan fingerprint density at radius 1 is 1.38 bits per heavy atom. The molecule has 1 aliphatic carbocycles. The molecule has 0 atom stereocenters. The van der Waals surface area contributed by atoms with Crippen molar-refractivity contribution >= 4 is 5.91 Å². The highest BCUT2D eigenvalue weighted by molar-refractivity contribution is 5.91. The average Bonchev–Trinajstić information content (AvgIpc) is 2.93. The van der Waals surface area contributed by atoms with Crippen molar-refractivity contribution in [3.63, 3.8) is 0 Å². The zero-order valence-electron chi connectivity index (χ0n) is 13.0. The monoisotopic (exact) mass is 291 g/mol. The predicted molar refractivity (Wildman–Crippen MR) is 80.1 cm³/mol. The van der Waals surface area contributed by atoms with Crippen LogP contribution in [0, 0.1) is 5.92 Å². The molecule has 0 bridgehead atoms. The largest absolute Gasteiger partial charge is 0.337 e. The van der Waals surface area contributed by atoms with Gasteiger partial charge in [-0.3, -0.25) is 4.79 Å². The van der Waals surface area contributed by atoms with E-state index in [9.17, 15) is 4.79 Å². The fraction of sp³-hybridized carbons (Fsp3) is 0.800. The first-order valence-corrected chi connectivity index (χ1v) is 8.08. The van der Waals surface area contributed by atoms with Crippen LogP contribution in [0.15, 0.2) is 6.20 Å². The summed E-state index contributed by atoms with van der Waals surface area (Å²) in [5.41, 5.74) is 0.474. The SMILES string of the molecule is CCC1CCC(N(C)C(=O)c2cn(C3CNC3)nn2)CC1. The van der Waals surface area contributed by atoms with Crippen molar-refractivity contribution in [2.45, 2.75) is 51.1 Å². The van der Waals surface area contributed by atoms with E-state index < -0.39 is 0 Å². The second kappa shape index (κ2) is 6.13. The molecule has 0 aromatic carbocycles. The fourth-order valence-electron chi connectivity index (χ4n) is 3.30. The van der Waals surface area contributed by atoms with Crippen LogP contribution >= 0.6 is 0 Å². The standard InChI is InChI=1S/C15H25N5O/c1-3-11-4-6-12(7-5-11)19(2)15(21)14-10-20(18-17-14)13-8-16-9-13/h10-13,16H,3-9H2,1-2H3. The number of nitrogens with zero attached hydrogens (tertiary/aromatic N) is 4. The van der Waals surface area contributed by atoms with Crippen LogP contribution < -0.4 is 5.32 Å². The molecule has 0 spiro atoms. The molecule has 1 amide bonds. The van der Waals surface area contributed by atoms with Crippen LogP contribution in [0.4, 0.5) is 0 Å². The lowest BCUT2D eigenvalue weighted by molar-refractivity contribution is 0.0668. The molecule has 1 aromatic rings. The van der Waals surface area contributed by atoms with Gasteiger partial charge in [0.15, 0.2) is 5.69 Å². The molecule has 21 heavy (non-hydrogen) atoms. The zero-order valence-corrected chi connectivity index (χ0v) is 13.0. The molecule has 0 radical (unpaired) electrons. The summed E-state index contributed by atoms with van der Waals surface area (Å²) in [7, 11) is 1.91. The van der Waals surface area contributed by atoms with Gasteiger partial charge in [-0.25, -0.2) is 4.68 Å². The van der Waals surface area contributed by atoms with E-state index in [0.29, 0.717) is 17.8 Å². The van der Waals surface area contributed by atoms with Gasteiger partial charge < -0.3 is 10.2 Å². The molecule has 2 fully saturated rings. The molecule has 3 rings (SSSR count). The molecule has 1 N–H and O–H groups in total. The van der Waals surface area contributed by atoms with Crippen molar-refractivity contribution < 1.29 is 4.79 Å². The molecule has 1 saturated carbocycles. The number of aromatic nitrogens is 3. The summed E-state index contributed by atoms with van der Waals surface area (Å²) in [5, 5.41) is 11.3. The van der Waals surface area contributed by atoms with Crippen LogP contribution in [0.25, 0.3) is 0 Å². The lowest BCUT2D eigenvalue weighted by Gasteiger charge is -2.34. The molecule has 1 aliphatic heterocycles. The lowest BCUT2D eigenvalue weighted by atomic mass is 9.84. The van der Waals surface area contributed by atoms with E-state index in [2.05, 4.69) is 22.6 Å². The van der Waals surface area contributed by atoms with Gasteiger partial charge in [-0.2, -0.15) is 0 Å². The van der Waals surface area contributed by atoms with Gasteiger partial charge in [-0.05, 0) is 31.6 Å². The Morgan fingerprint density at radius 3 is 2.67 bits per heavy atom. The highest BCUT2D eigenvalue weighted by Gasteiger charge is 2.28. The molecule has 6 nitrogen and oxygen atoms in total. The van der Waals surface area contributed by atoms with Crippen molar-refractivity contribution in [2.24, 2.45) is 5.92 Å². The number of hydrogen-bond acceptors (Lipinski definition) is 4.